The molecule has 0 radical (unpaired) electrons. The molecule has 0 fully saturated rings. The molecule has 0 bridgehead atoms. The zero-order valence-electron chi connectivity index (χ0n) is 17.4. The zero-order chi connectivity index (χ0) is 20.6. The van der Waals surface area contributed by atoms with Crippen LogP contribution in [0.5, 0.6) is 0 Å². The molecule has 1 aromatic carbocycles. The van der Waals surface area contributed by atoms with Crippen LogP contribution in [0.4, 0.5) is 16.2 Å². The molecular weight excluding hydrogens is 356 g/mol. The van der Waals surface area contributed by atoms with Crippen LogP contribution in [0.15, 0.2) is 24.3 Å². The van der Waals surface area contributed by atoms with Crippen LogP contribution in [0, 0.1) is 0 Å². The van der Waals surface area contributed by atoms with Gasteiger partial charge < -0.3 is 9.64 Å². The fourth-order valence-corrected chi connectivity index (χ4v) is 3.44. The number of fused-ring (bicyclic) bond motifs is 1. The monoisotopic (exact) mass is 384 g/mol. The van der Waals surface area contributed by atoms with E-state index in [-0.39, 0.29) is 11.8 Å². The van der Waals surface area contributed by atoms with Crippen molar-refractivity contribution < 1.29 is 14.3 Å². The molecule has 0 spiro atoms. The third-order valence-electron chi connectivity index (χ3n) is 4.60. The number of nitrogens with one attached hydrogen (secondary N) is 1. The fourth-order valence-electron chi connectivity index (χ4n) is 3.44. The van der Waals surface area contributed by atoms with Crippen LogP contribution in [-0.2, 0) is 18.2 Å². The summed E-state index contributed by atoms with van der Waals surface area (Å²) in [6, 6.07) is 7.47. The smallest absolute Gasteiger partial charge is 0.412 e. The molecule has 2 amide bonds. The van der Waals surface area contributed by atoms with E-state index in [0.717, 1.165) is 23.4 Å². The Labute approximate surface area is 165 Å². The van der Waals surface area contributed by atoms with Gasteiger partial charge in [0.25, 0.3) is 5.91 Å². The Bertz CT molecular complexity index is 909. The lowest BCUT2D eigenvalue weighted by atomic mass is 10.1. The third-order valence-corrected chi connectivity index (χ3v) is 4.60. The molecule has 0 saturated heterocycles. The van der Waals surface area contributed by atoms with Crippen molar-refractivity contribution in [2.45, 2.75) is 52.6 Å². The van der Waals surface area contributed by atoms with Gasteiger partial charge in [0.05, 0.1) is 11.4 Å². The van der Waals surface area contributed by atoms with Crippen molar-refractivity contribution in [3.05, 3.63) is 41.2 Å². The average Bonchev–Trinajstić information content (AvgIpc) is 3.16. The van der Waals surface area contributed by atoms with E-state index >= 15 is 0 Å². The molecule has 1 N–H and O–H groups in total. The highest BCUT2D eigenvalue weighted by Gasteiger charge is 2.31. The normalized spacial score (nSPS) is 13.6. The van der Waals surface area contributed by atoms with Gasteiger partial charge in [-0.2, -0.15) is 5.10 Å². The molecule has 0 saturated carbocycles. The van der Waals surface area contributed by atoms with Gasteiger partial charge in [-0.3, -0.25) is 14.8 Å². The topological polar surface area (TPSA) is 76.5 Å². The maximum Gasteiger partial charge on any atom is 0.412 e. The van der Waals surface area contributed by atoms with Crippen molar-refractivity contribution in [3.8, 4) is 0 Å². The van der Waals surface area contributed by atoms with Crippen molar-refractivity contribution in [3.63, 3.8) is 0 Å². The van der Waals surface area contributed by atoms with Crippen LogP contribution in [0.2, 0.25) is 0 Å². The summed E-state index contributed by atoms with van der Waals surface area (Å²) in [7, 11) is 1.85. The Kier molecular flexibility index (Phi) is 5.19. The maximum atomic E-state index is 13.2. The number of carbonyl (C=O) groups excluding carboxylic acids is 2. The van der Waals surface area contributed by atoms with Crippen molar-refractivity contribution in [2.24, 2.45) is 7.05 Å². The summed E-state index contributed by atoms with van der Waals surface area (Å²) >= 11 is 0. The Morgan fingerprint density at radius 1 is 1.25 bits per heavy atom. The number of amides is 2. The van der Waals surface area contributed by atoms with Gasteiger partial charge in [-0.05, 0) is 50.8 Å². The summed E-state index contributed by atoms with van der Waals surface area (Å²) < 4.78 is 7.11. The van der Waals surface area contributed by atoms with E-state index in [1.54, 1.807) is 15.6 Å². The van der Waals surface area contributed by atoms with E-state index < -0.39 is 11.7 Å². The summed E-state index contributed by atoms with van der Waals surface area (Å²) in [4.78, 5) is 27.1. The van der Waals surface area contributed by atoms with Gasteiger partial charge in [0.2, 0.25) is 0 Å². The predicted octanol–water partition coefficient (Wildman–Crippen LogP) is 4.09. The quantitative estimate of drug-likeness (QED) is 0.865. The lowest BCUT2D eigenvalue weighted by Gasteiger charge is -2.22. The summed E-state index contributed by atoms with van der Waals surface area (Å²) in [5.74, 6) is 0.106. The molecule has 0 aliphatic carbocycles. The third kappa shape index (κ3) is 4.03. The van der Waals surface area contributed by atoms with Gasteiger partial charge in [-0.1, -0.05) is 26.0 Å². The van der Waals surface area contributed by atoms with E-state index in [2.05, 4.69) is 24.3 Å². The molecule has 0 atom stereocenters. The Morgan fingerprint density at radius 2 is 1.96 bits per heavy atom. The zero-order valence-corrected chi connectivity index (χ0v) is 17.4. The van der Waals surface area contributed by atoms with E-state index in [1.165, 1.54) is 0 Å². The maximum absolute atomic E-state index is 13.2. The van der Waals surface area contributed by atoms with Gasteiger partial charge in [0.15, 0.2) is 5.69 Å². The van der Waals surface area contributed by atoms with Crippen molar-refractivity contribution >= 4 is 23.4 Å². The highest BCUT2D eigenvalue weighted by Crippen LogP contribution is 2.36. The molecule has 150 valence electrons. The second kappa shape index (κ2) is 7.30. The first-order valence-corrected chi connectivity index (χ1v) is 9.54. The molecule has 1 aromatic heterocycles. The van der Waals surface area contributed by atoms with Gasteiger partial charge in [-0.25, -0.2) is 4.79 Å². The SMILES string of the molecule is CC(C)c1cc(C(=O)N2CCc3cccc(NC(=O)OC(C)(C)C)c32)nn1C. The highest BCUT2D eigenvalue weighted by molar-refractivity contribution is 6.09. The van der Waals surface area contributed by atoms with Crippen molar-refractivity contribution in [1.29, 1.82) is 0 Å². The molecule has 0 unspecified atom stereocenters. The molecule has 2 heterocycles. The number of rotatable bonds is 3. The van der Waals surface area contributed by atoms with Gasteiger partial charge in [0, 0.05) is 19.3 Å². The summed E-state index contributed by atoms with van der Waals surface area (Å²) in [6.45, 7) is 10.1. The van der Waals surface area contributed by atoms with Crippen molar-refractivity contribution in [1.82, 2.24) is 9.78 Å². The summed E-state index contributed by atoms with van der Waals surface area (Å²) in [5, 5.41) is 7.19. The Hall–Kier alpha value is -2.83. The van der Waals surface area contributed by atoms with E-state index in [1.807, 2.05) is 46.0 Å². The molecule has 7 nitrogen and oxygen atoms in total. The Balaban J connectivity index is 1.89. The number of hydrogen-bond acceptors (Lipinski definition) is 4. The fraction of sp³-hybridized carbons (Fsp3) is 0.476. The van der Waals surface area contributed by atoms with E-state index in [0.29, 0.717) is 17.9 Å². The van der Waals surface area contributed by atoms with Crippen LogP contribution < -0.4 is 10.2 Å². The number of aryl methyl sites for hydroxylation is 1. The average molecular weight is 384 g/mol. The number of aromatic nitrogens is 2. The van der Waals surface area contributed by atoms with Crippen LogP contribution >= 0.6 is 0 Å². The standard InChI is InChI=1S/C21H28N4O3/c1-13(2)17-12-16(23-24(17)6)19(26)25-11-10-14-8-7-9-15(18(14)25)22-20(27)28-21(3,4)5/h7-9,12-13H,10-11H2,1-6H3,(H,22,27). The molecule has 7 heteroatoms. The van der Waals surface area contributed by atoms with Crippen LogP contribution in [-0.4, -0.2) is 33.9 Å². The predicted molar refractivity (Wildman–Crippen MR) is 109 cm³/mol. The number of carbonyl (C=O) groups is 2. The molecule has 1 aliphatic rings. The minimum Gasteiger partial charge on any atom is -0.444 e. The molecular formula is C21H28N4O3. The van der Waals surface area contributed by atoms with E-state index in [9.17, 15) is 9.59 Å². The number of ether oxygens (including phenoxy) is 1. The largest absolute Gasteiger partial charge is 0.444 e. The number of hydrogen-bond donors (Lipinski definition) is 1. The second-order valence-electron chi connectivity index (χ2n) is 8.38. The van der Waals surface area contributed by atoms with Gasteiger partial charge in [-0.15, -0.1) is 0 Å². The lowest BCUT2D eigenvalue weighted by molar-refractivity contribution is 0.0635. The molecule has 1 aliphatic heterocycles. The minimum atomic E-state index is -0.598. The number of benzene rings is 1. The highest BCUT2D eigenvalue weighted by atomic mass is 16.6. The van der Waals surface area contributed by atoms with Crippen LogP contribution in [0.3, 0.4) is 0 Å². The van der Waals surface area contributed by atoms with Crippen molar-refractivity contribution in [2.75, 3.05) is 16.8 Å². The molecule has 3 rings (SSSR count). The first kappa shape index (κ1) is 19.9. The molecule has 2 aromatic rings. The first-order chi connectivity index (χ1) is 13.1. The first-order valence-electron chi connectivity index (χ1n) is 9.54. The number of nitrogens with zero attached hydrogens (tertiary/aromatic N) is 3. The van der Waals surface area contributed by atoms with E-state index in [4.69, 9.17) is 4.74 Å². The lowest BCUT2D eigenvalue weighted by Crippen LogP contribution is -2.31. The summed E-state index contributed by atoms with van der Waals surface area (Å²) in [5.41, 5.74) is 3.11. The Morgan fingerprint density at radius 3 is 2.57 bits per heavy atom. The van der Waals surface area contributed by atoms with Crippen LogP contribution in [0.25, 0.3) is 0 Å². The second-order valence-corrected chi connectivity index (χ2v) is 8.38. The minimum absolute atomic E-state index is 0.167. The number of para-hydroxylation sites is 1. The summed E-state index contributed by atoms with van der Waals surface area (Å²) in [6.07, 6.45) is 0.189. The molecule has 28 heavy (non-hydrogen) atoms. The van der Waals surface area contributed by atoms with Crippen LogP contribution in [0.1, 0.15) is 62.3 Å². The number of anilines is 2. The van der Waals surface area contributed by atoms with Gasteiger partial charge >= 0.3 is 6.09 Å². The van der Waals surface area contributed by atoms with Gasteiger partial charge in [0.1, 0.15) is 5.60 Å².